The van der Waals surface area contributed by atoms with Gasteiger partial charge in [0.1, 0.15) is 0 Å². The number of nitrogens with one attached hydrogen (secondary N) is 1. The molecule has 0 aliphatic heterocycles. The zero-order chi connectivity index (χ0) is 11.4. The highest BCUT2D eigenvalue weighted by molar-refractivity contribution is 5.28. The SMILES string of the molecule is COc1cc(=O)c(C(F)F)c(CC#N)[nH]1. The molecule has 0 saturated carbocycles. The van der Waals surface area contributed by atoms with Gasteiger partial charge in [0.15, 0.2) is 11.3 Å². The molecule has 1 rings (SSSR count). The summed E-state index contributed by atoms with van der Waals surface area (Å²) in [7, 11) is 1.30. The third kappa shape index (κ3) is 2.31. The third-order valence-corrected chi connectivity index (χ3v) is 1.82. The molecule has 0 spiro atoms. The van der Waals surface area contributed by atoms with Crippen LogP contribution in [0.25, 0.3) is 0 Å². The van der Waals surface area contributed by atoms with E-state index in [0.717, 1.165) is 6.07 Å². The van der Waals surface area contributed by atoms with E-state index in [4.69, 9.17) is 10.00 Å². The number of alkyl halides is 2. The molecule has 0 unspecified atom stereocenters. The first-order valence-corrected chi connectivity index (χ1v) is 4.05. The number of hydrogen-bond donors (Lipinski definition) is 1. The second-order valence-electron chi connectivity index (χ2n) is 2.73. The van der Waals surface area contributed by atoms with E-state index in [1.165, 1.54) is 7.11 Å². The van der Waals surface area contributed by atoms with E-state index in [-0.39, 0.29) is 18.0 Å². The lowest BCUT2D eigenvalue weighted by Gasteiger charge is -2.07. The highest BCUT2D eigenvalue weighted by atomic mass is 19.3. The van der Waals surface area contributed by atoms with Crippen LogP contribution in [-0.4, -0.2) is 12.1 Å². The molecule has 0 aromatic carbocycles. The molecule has 80 valence electrons. The number of rotatable bonds is 3. The zero-order valence-corrected chi connectivity index (χ0v) is 7.88. The number of pyridine rings is 1. The van der Waals surface area contributed by atoms with Crippen molar-refractivity contribution in [1.82, 2.24) is 4.98 Å². The summed E-state index contributed by atoms with van der Waals surface area (Å²) in [6.07, 6.45) is -3.19. The van der Waals surface area contributed by atoms with Crippen molar-refractivity contribution in [2.24, 2.45) is 0 Å². The van der Waals surface area contributed by atoms with E-state index >= 15 is 0 Å². The fourth-order valence-electron chi connectivity index (χ4n) is 1.17. The van der Waals surface area contributed by atoms with Crippen LogP contribution in [0.2, 0.25) is 0 Å². The van der Waals surface area contributed by atoms with Crippen LogP contribution in [0.4, 0.5) is 8.78 Å². The minimum Gasteiger partial charge on any atom is -0.482 e. The Labute approximate surface area is 84.1 Å². The Kier molecular flexibility index (Phi) is 3.39. The Bertz CT molecular complexity index is 448. The summed E-state index contributed by atoms with van der Waals surface area (Å²) in [5.74, 6) is 0.0645. The molecule has 15 heavy (non-hydrogen) atoms. The summed E-state index contributed by atoms with van der Waals surface area (Å²) in [5.41, 5.74) is -1.60. The van der Waals surface area contributed by atoms with Gasteiger partial charge < -0.3 is 9.72 Å². The van der Waals surface area contributed by atoms with Gasteiger partial charge in [0.05, 0.1) is 25.2 Å². The Hall–Kier alpha value is -1.90. The average molecular weight is 214 g/mol. The van der Waals surface area contributed by atoms with Crippen molar-refractivity contribution in [3.05, 3.63) is 27.5 Å². The van der Waals surface area contributed by atoms with Gasteiger partial charge in [-0.3, -0.25) is 4.79 Å². The third-order valence-electron chi connectivity index (χ3n) is 1.82. The summed E-state index contributed by atoms with van der Waals surface area (Å²) in [6, 6.07) is 2.63. The summed E-state index contributed by atoms with van der Waals surface area (Å²) in [5, 5.41) is 8.42. The molecule has 0 fully saturated rings. The fraction of sp³-hybridized carbons (Fsp3) is 0.333. The first kappa shape index (κ1) is 11.2. The number of halogens is 2. The van der Waals surface area contributed by atoms with Gasteiger partial charge in [-0.1, -0.05) is 0 Å². The molecule has 0 atom stereocenters. The first-order valence-electron chi connectivity index (χ1n) is 4.05. The number of nitrogens with zero attached hydrogens (tertiary/aromatic N) is 1. The van der Waals surface area contributed by atoms with Gasteiger partial charge in [-0.05, 0) is 0 Å². The smallest absolute Gasteiger partial charge is 0.269 e. The minimum absolute atomic E-state index is 0.0645. The van der Waals surface area contributed by atoms with Crippen molar-refractivity contribution in [3.8, 4) is 11.9 Å². The molecule has 0 aliphatic rings. The highest BCUT2D eigenvalue weighted by Gasteiger charge is 2.18. The average Bonchev–Trinajstić information content (AvgIpc) is 2.16. The number of hydrogen-bond acceptors (Lipinski definition) is 3. The molecular weight excluding hydrogens is 206 g/mol. The van der Waals surface area contributed by atoms with Crippen LogP contribution in [0.5, 0.6) is 5.88 Å². The summed E-state index contributed by atoms with van der Waals surface area (Å²) < 4.78 is 29.7. The maximum Gasteiger partial charge on any atom is 0.269 e. The predicted octanol–water partition coefficient (Wildman–Crippen LogP) is 1.39. The van der Waals surface area contributed by atoms with Crippen LogP contribution in [-0.2, 0) is 6.42 Å². The van der Waals surface area contributed by atoms with Crippen LogP contribution in [0, 0.1) is 11.3 Å². The fourth-order valence-corrected chi connectivity index (χ4v) is 1.17. The van der Waals surface area contributed by atoms with Gasteiger partial charge in [-0.2, -0.15) is 5.26 Å². The maximum absolute atomic E-state index is 12.5. The van der Waals surface area contributed by atoms with Crippen molar-refractivity contribution in [2.75, 3.05) is 7.11 Å². The first-order chi connectivity index (χ1) is 7.10. The second-order valence-corrected chi connectivity index (χ2v) is 2.73. The van der Waals surface area contributed by atoms with Gasteiger partial charge in [-0.15, -0.1) is 0 Å². The van der Waals surface area contributed by atoms with E-state index < -0.39 is 17.4 Å². The normalized spacial score (nSPS) is 10.1. The van der Waals surface area contributed by atoms with Gasteiger partial charge in [0.2, 0.25) is 0 Å². The molecule has 0 aliphatic carbocycles. The number of H-pyrrole nitrogens is 1. The maximum atomic E-state index is 12.5. The predicted molar refractivity (Wildman–Crippen MR) is 47.9 cm³/mol. The number of aromatic nitrogens is 1. The molecule has 1 aromatic heterocycles. The molecule has 0 radical (unpaired) electrons. The van der Waals surface area contributed by atoms with E-state index in [1.54, 1.807) is 6.07 Å². The Balaban J connectivity index is 3.37. The summed E-state index contributed by atoms with van der Waals surface area (Å²) in [6.45, 7) is 0. The number of nitriles is 1. The molecule has 0 saturated heterocycles. The van der Waals surface area contributed by atoms with Crippen molar-refractivity contribution in [1.29, 1.82) is 5.26 Å². The van der Waals surface area contributed by atoms with Crippen LogP contribution >= 0.6 is 0 Å². The molecule has 0 amide bonds. The number of ether oxygens (including phenoxy) is 1. The van der Waals surface area contributed by atoms with Gasteiger partial charge in [0, 0.05) is 11.8 Å². The topological polar surface area (TPSA) is 65.9 Å². The molecule has 1 aromatic rings. The van der Waals surface area contributed by atoms with E-state index in [1.807, 2.05) is 0 Å². The lowest BCUT2D eigenvalue weighted by Crippen LogP contribution is -2.14. The quantitative estimate of drug-likeness (QED) is 0.826. The molecule has 4 nitrogen and oxygen atoms in total. The molecule has 1 heterocycles. The van der Waals surface area contributed by atoms with Crippen molar-refractivity contribution in [3.63, 3.8) is 0 Å². The molecular formula is C9H8F2N2O2. The van der Waals surface area contributed by atoms with Gasteiger partial charge in [0.25, 0.3) is 6.43 Å². The Morgan fingerprint density at radius 2 is 2.33 bits per heavy atom. The lowest BCUT2D eigenvalue weighted by molar-refractivity contribution is 0.148. The molecule has 1 N–H and O–H groups in total. The summed E-state index contributed by atoms with van der Waals surface area (Å²) in [4.78, 5) is 13.7. The van der Waals surface area contributed by atoms with E-state index in [0.29, 0.717) is 0 Å². The van der Waals surface area contributed by atoms with Crippen LogP contribution in [0.1, 0.15) is 17.7 Å². The summed E-state index contributed by atoms with van der Waals surface area (Å²) >= 11 is 0. The van der Waals surface area contributed by atoms with E-state index in [9.17, 15) is 13.6 Å². The van der Waals surface area contributed by atoms with Crippen LogP contribution in [0.15, 0.2) is 10.9 Å². The van der Waals surface area contributed by atoms with Crippen molar-refractivity contribution in [2.45, 2.75) is 12.8 Å². The molecule has 6 heteroatoms. The molecule has 0 bridgehead atoms. The van der Waals surface area contributed by atoms with Crippen molar-refractivity contribution >= 4 is 0 Å². The number of methoxy groups -OCH3 is 1. The Morgan fingerprint density at radius 1 is 1.67 bits per heavy atom. The monoisotopic (exact) mass is 214 g/mol. The van der Waals surface area contributed by atoms with Gasteiger partial charge >= 0.3 is 0 Å². The lowest BCUT2D eigenvalue weighted by atomic mass is 10.1. The zero-order valence-electron chi connectivity index (χ0n) is 7.88. The van der Waals surface area contributed by atoms with E-state index in [2.05, 4.69) is 4.98 Å². The van der Waals surface area contributed by atoms with Crippen LogP contribution in [0.3, 0.4) is 0 Å². The van der Waals surface area contributed by atoms with Crippen molar-refractivity contribution < 1.29 is 13.5 Å². The minimum atomic E-state index is -2.90. The van der Waals surface area contributed by atoms with Gasteiger partial charge in [-0.25, -0.2) is 8.78 Å². The highest BCUT2D eigenvalue weighted by Crippen LogP contribution is 2.20. The largest absolute Gasteiger partial charge is 0.482 e. The Morgan fingerprint density at radius 3 is 2.80 bits per heavy atom. The van der Waals surface area contributed by atoms with Crippen LogP contribution < -0.4 is 10.2 Å². The number of aromatic amines is 1. The second kappa shape index (κ2) is 4.55. The standard InChI is InChI=1S/C9H8F2N2O2/c1-15-7-4-6(14)8(9(10)11)5(13-7)2-3-12/h4,9H,2H2,1H3,(H,13,14).